The first-order chi connectivity index (χ1) is 7.86. The zero-order valence-corrected chi connectivity index (χ0v) is 9.50. The van der Waals surface area contributed by atoms with Crippen LogP contribution >= 0.6 is 0 Å². The van der Waals surface area contributed by atoms with Crippen LogP contribution in [0.15, 0.2) is 30.3 Å². The summed E-state index contributed by atoms with van der Waals surface area (Å²) in [6.45, 7) is 0.780. The first kappa shape index (κ1) is 9.86. The molecule has 1 aliphatic carbocycles. The van der Waals surface area contributed by atoms with Crippen LogP contribution in [-0.2, 0) is 19.3 Å². The Morgan fingerprint density at radius 1 is 0.938 bits per heavy atom. The van der Waals surface area contributed by atoms with Gasteiger partial charge in [-0.25, -0.2) is 0 Å². The van der Waals surface area contributed by atoms with Crippen LogP contribution in [0.1, 0.15) is 23.1 Å². The van der Waals surface area contributed by atoms with Gasteiger partial charge in [-0.05, 0) is 59.7 Å². The van der Waals surface area contributed by atoms with Crippen molar-refractivity contribution in [1.82, 2.24) is 0 Å². The van der Waals surface area contributed by atoms with Crippen molar-refractivity contribution in [3.63, 3.8) is 0 Å². The van der Waals surface area contributed by atoms with Crippen molar-refractivity contribution >= 4 is 10.8 Å². The van der Waals surface area contributed by atoms with Crippen LogP contribution in [0.3, 0.4) is 0 Å². The molecule has 2 N–H and O–H groups in total. The normalized spacial score (nSPS) is 13.6. The lowest BCUT2D eigenvalue weighted by molar-refractivity contribution is 0.832. The van der Waals surface area contributed by atoms with Crippen LogP contribution in [0.25, 0.3) is 10.8 Å². The van der Waals surface area contributed by atoms with Gasteiger partial charge in [0.1, 0.15) is 0 Å². The molecule has 82 valence electrons. The number of hydrogen-bond donors (Lipinski definition) is 1. The number of benzene rings is 2. The second-order valence-corrected chi connectivity index (χ2v) is 4.69. The smallest absolute Gasteiger partial charge is 0.00741 e. The third-order valence-electron chi connectivity index (χ3n) is 3.56. The lowest BCUT2D eigenvalue weighted by Gasteiger charge is -2.19. The maximum atomic E-state index is 5.54. The average molecular weight is 211 g/mol. The highest BCUT2D eigenvalue weighted by atomic mass is 14.5. The predicted molar refractivity (Wildman–Crippen MR) is 68.7 cm³/mol. The second-order valence-electron chi connectivity index (χ2n) is 4.69. The van der Waals surface area contributed by atoms with Crippen molar-refractivity contribution in [2.45, 2.75) is 25.7 Å². The van der Waals surface area contributed by atoms with E-state index in [2.05, 4.69) is 30.3 Å². The third-order valence-corrected chi connectivity index (χ3v) is 3.56. The molecule has 2 aromatic carbocycles. The summed E-state index contributed by atoms with van der Waals surface area (Å²) in [4.78, 5) is 0. The number of fused-ring (bicyclic) bond motifs is 2. The maximum Gasteiger partial charge on any atom is -0.00741 e. The molecule has 0 radical (unpaired) electrons. The van der Waals surface area contributed by atoms with E-state index in [-0.39, 0.29) is 0 Å². The summed E-state index contributed by atoms with van der Waals surface area (Å²) in [6.07, 6.45) is 4.71. The Bertz CT molecular complexity index is 528. The maximum absolute atomic E-state index is 5.54. The molecule has 0 unspecified atom stereocenters. The molecule has 0 bridgehead atoms. The minimum absolute atomic E-state index is 0.780. The van der Waals surface area contributed by atoms with Crippen LogP contribution in [0.4, 0.5) is 0 Å². The first-order valence-corrected chi connectivity index (χ1v) is 6.11. The molecule has 0 fully saturated rings. The van der Waals surface area contributed by atoms with Gasteiger partial charge in [0.05, 0.1) is 0 Å². The third kappa shape index (κ3) is 1.61. The number of aryl methyl sites for hydroxylation is 3. The molecule has 0 amide bonds. The molecule has 1 heteroatoms. The Labute approximate surface area is 96.3 Å². The molecule has 3 rings (SSSR count). The molecule has 0 aromatic heterocycles. The summed E-state index contributed by atoms with van der Waals surface area (Å²) in [6, 6.07) is 11.5. The van der Waals surface area contributed by atoms with E-state index in [4.69, 9.17) is 5.73 Å². The standard InChI is InChI=1S/C15H17N/c16-7-1-2-11-3-4-14-9-12-5-6-13(12)10-15(14)8-11/h3-4,8-10H,1-2,5-7,16H2. The molecule has 0 saturated heterocycles. The Kier molecular flexibility index (Phi) is 2.41. The zero-order valence-electron chi connectivity index (χ0n) is 9.50. The van der Waals surface area contributed by atoms with E-state index in [0.717, 1.165) is 19.4 Å². The van der Waals surface area contributed by atoms with E-state index in [9.17, 15) is 0 Å². The van der Waals surface area contributed by atoms with Gasteiger partial charge >= 0.3 is 0 Å². The van der Waals surface area contributed by atoms with Gasteiger partial charge < -0.3 is 5.73 Å². The highest BCUT2D eigenvalue weighted by molar-refractivity contribution is 5.85. The molecule has 0 aliphatic heterocycles. The molecular weight excluding hydrogens is 194 g/mol. The van der Waals surface area contributed by atoms with Crippen LogP contribution in [0, 0.1) is 0 Å². The summed E-state index contributed by atoms with van der Waals surface area (Å²) in [5, 5.41) is 2.78. The van der Waals surface area contributed by atoms with Crippen molar-refractivity contribution in [2.24, 2.45) is 5.73 Å². The Morgan fingerprint density at radius 2 is 1.69 bits per heavy atom. The molecule has 1 nitrogen and oxygen atoms in total. The van der Waals surface area contributed by atoms with Crippen molar-refractivity contribution in [3.05, 3.63) is 47.0 Å². The predicted octanol–water partition coefficient (Wildman–Crippen LogP) is 2.83. The fourth-order valence-corrected chi connectivity index (χ4v) is 2.46. The Morgan fingerprint density at radius 3 is 2.38 bits per heavy atom. The summed E-state index contributed by atoms with van der Waals surface area (Å²) in [5.41, 5.74) is 10.0. The SMILES string of the molecule is NCCCc1ccc2cc3c(cc2c1)CC3. The van der Waals surface area contributed by atoms with Gasteiger partial charge in [-0.2, -0.15) is 0 Å². The van der Waals surface area contributed by atoms with Gasteiger partial charge in [0.15, 0.2) is 0 Å². The monoisotopic (exact) mass is 211 g/mol. The van der Waals surface area contributed by atoms with Crippen LogP contribution < -0.4 is 5.73 Å². The Hall–Kier alpha value is -1.34. The lowest BCUT2D eigenvalue weighted by Crippen LogP contribution is -2.07. The van der Waals surface area contributed by atoms with Gasteiger partial charge in [-0.3, -0.25) is 0 Å². The fourth-order valence-electron chi connectivity index (χ4n) is 2.46. The molecule has 0 atom stereocenters. The Balaban J connectivity index is 2.00. The van der Waals surface area contributed by atoms with Gasteiger partial charge in [-0.1, -0.05) is 30.3 Å². The number of rotatable bonds is 3. The van der Waals surface area contributed by atoms with Crippen molar-refractivity contribution < 1.29 is 0 Å². The number of nitrogens with two attached hydrogens (primary N) is 1. The largest absolute Gasteiger partial charge is 0.330 e. The summed E-state index contributed by atoms with van der Waals surface area (Å²) in [5.74, 6) is 0. The second kappa shape index (κ2) is 3.91. The molecule has 0 saturated carbocycles. The topological polar surface area (TPSA) is 26.0 Å². The van der Waals surface area contributed by atoms with E-state index < -0.39 is 0 Å². The lowest BCUT2D eigenvalue weighted by atomic mass is 9.86. The van der Waals surface area contributed by atoms with Crippen LogP contribution in [0.2, 0.25) is 0 Å². The van der Waals surface area contributed by atoms with Crippen LogP contribution in [-0.4, -0.2) is 6.54 Å². The van der Waals surface area contributed by atoms with Gasteiger partial charge in [0.25, 0.3) is 0 Å². The van der Waals surface area contributed by atoms with Gasteiger partial charge in [-0.15, -0.1) is 0 Å². The molecule has 0 spiro atoms. The summed E-state index contributed by atoms with van der Waals surface area (Å²) < 4.78 is 0. The van der Waals surface area contributed by atoms with E-state index in [1.165, 1.54) is 29.2 Å². The van der Waals surface area contributed by atoms with Crippen molar-refractivity contribution in [3.8, 4) is 0 Å². The minimum Gasteiger partial charge on any atom is -0.330 e. The quantitative estimate of drug-likeness (QED) is 0.830. The molecular formula is C15H17N. The molecule has 2 aromatic rings. The minimum atomic E-state index is 0.780. The molecule has 16 heavy (non-hydrogen) atoms. The van der Waals surface area contributed by atoms with E-state index in [0.29, 0.717) is 0 Å². The summed E-state index contributed by atoms with van der Waals surface area (Å²) >= 11 is 0. The first-order valence-electron chi connectivity index (χ1n) is 6.11. The van der Waals surface area contributed by atoms with E-state index >= 15 is 0 Å². The fraction of sp³-hybridized carbons (Fsp3) is 0.333. The van der Waals surface area contributed by atoms with E-state index in [1.807, 2.05) is 0 Å². The van der Waals surface area contributed by atoms with Gasteiger partial charge in [0, 0.05) is 0 Å². The molecule has 1 aliphatic rings. The molecule has 0 heterocycles. The highest BCUT2D eigenvalue weighted by Crippen LogP contribution is 2.28. The van der Waals surface area contributed by atoms with Crippen molar-refractivity contribution in [2.75, 3.05) is 6.54 Å². The van der Waals surface area contributed by atoms with E-state index in [1.54, 1.807) is 11.1 Å². The summed E-state index contributed by atoms with van der Waals surface area (Å²) in [7, 11) is 0. The van der Waals surface area contributed by atoms with Crippen molar-refractivity contribution in [1.29, 1.82) is 0 Å². The zero-order chi connectivity index (χ0) is 11.0. The van der Waals surface area contributed by atoms with Gasteiger partial charge in [0.2, 0.25) is 0 Å². The van der Waals surface area contributed by atoms with Crippen LogP contribution in [0.5, 0.6) is 0 Å². The highest BCUT2D eigenvalue weighted by Gasteiger charge is 2.13. The number of hydrogen-bond acceptors (Lipinski definition) is 1. The average Bonchev–Trinajstić information content (AvgIpc) is 2.29.